The van der Waals surface area contributed by atoms with Crippen LogP contribution in [0, 0.1) is 17.3 Å². The molecule has 0 saturated heterocycles. The Hall–Kier alpha value is -0.820. The average Bonchev–Trinajstić information content (AvgIpc) is 3.18. The summed E-state index contributed by atoms with van der Waals surface area (Å²) in [5.41, 5.74) is 1.79. The molecule has 1 N–H and O–H groups in total. The average molecular weight is 259 g/mol. The summed E-state index contributed by atoms with van der Waals surface area (Å²) in [5, 5.41) is 3.81. The zero-order valence-corrected chi connectivity index (χ0v) is 12.9. The van der Waals surface area contributed by atoms with Crippen molar-refractivity contribution in [2.24, 2.45) is 17.3 Å². The zero-order valence-electron chi connectivity index (χ0n) is 12.9. The first-order valence-corrected chi connectivity index (χ1v) is 7.74. The van der Waals surface area contributed by atoms with E-state index in [1.54, 1.807) is 0 Å². The fourth-order valence-corrected chi connectivity index (χ4v) is 2.77. The van der Waals surface area contributed by atoms with Gasteiger partial charge in [-0.25, -0.2) is 0 Å². The van der Waals surface area contributed by atoms with Crippen molar-refractivity contribution < 1.29 is 0 Å². The van der Waals surface area contributed by atoms with E-state index in [1.165, 1.54) is 24.8 Å². The fourth-order valence-electron chi connectivity index (χ4n) is 2.77. The van der Waals surface area contributed by atoms with E-state index in [2.05, 4.69) is 63.3 Å². The molecule has 0 bridgehead atoms. The van der Waals surface area contributed by atoms with Crippen LogP contribution in [0.25, 0.3) is 0 Å². The molecule has 19 heavy (non-hydrogen) atoms. The van der Waals surface area contributed by atoms with Gasteiger partial charge < -0.3 is 5.32 Å². The topological polar surface area (TPSA) is 12.0 Å². The number of nitrogens with one attached hydrogen (secondary N) is 1. The first-order chi connectivity index (χ1) is 8.96. The summed E-state index contributed by atoms with van der Waals surface area (Å²) in [7, 11) is 0. The van der Waals surface area contributed by atoms with Gasteiger partial charge in [0.1, 0.15) is 0 Å². The van der Waals surface area contributed by atoms with Crippen molar-refractivity contribution in [1.29, 1.82) is 0 Å². The van der Waals surface area contributed by atoms with Gasteiger partial charge in [0.05, 0.1) is 0 Å². The Bertz CT molecular complexity index is 372. The molecule has 1 aliphatic rings. The van der Waals surface area contributed by atoms with Crippen LogP contribution in [0.1, 0.15) is 58.6 Å². The van der Waals surface area contributed by atoms with Gasteiger partial charge in [0.25, 0.3) is 0 Å². The lowest BCUT2D eigenvalue weighted by Crippen LogP contribution is -2.30. The second-order valence-corrected chi connectivity index (χ2v) is 7.45. The molecule has 1 heteroatoms. The second-order valence-electron chi connectivity index (χ2n) is 7.45. The maximum atomic E-state index is 3.81. The van der Waals surface area contributed by atoms with Crippen LogP contribution in [0.15, 0.2) is 30.3 Å². The van der Waals surface area contributed by atoms with Crippen molar-refractivity contribution in [3.63, 3.8) is 0 Å². The summed E-state index contributed by atoms with van der Waals surface area (Å²) < 4.78 is 0. The highest BCUT2D eigenvalue weighted by Gasteiger charge is 2.28. The molecule has 2 atom stereocenters. The summed E-state index contributed by atoms with van der Waals surface area (Å²) in [5.74, 6) is 1.81. The van der Waals surface area contributed by atoms with Gasteiger partial charge in [-0.3, -0.25) is 0 Å². The Labute approximate surface area is 118 Å². The Morgan fingerprint density at radius 3 is 2.32 bits per heavy atom. The van der Waals surface area contributed by atoms with Gasteiger partial charge in [-0.05, 0) is 48.6 Å². The molecule has 0 radical (unpaired) electrons. The van der Waals surface area contributed by atoms with Gasteiger partial charge in [0.15, 0.2) is 0 Å². The van der Waals surface area contributed by atoms with Gasteiger partial charge in [-0.2, -0.15) is 0 Å². The standard InChI is InChI=1S/C18H29N/c1-14(15-10-11-15)13-19-17(12-18(2,3)4)16-8-6-5-7-9-16/h5-9,14-15,17,19H,10-13H2,1-4H3. The van der Waals surface area contributed by atoms with Crippen LogP contribution >= 0.6 is 0 Å². The first-order valence-electron chi connectivity index (χ1n) is 7.74. The molecule has 0 spiro atoms. The molecule has 1 saturated carbocycles. The Kier molecular flexibility index (Phi) is 4.67. The molecule has 1 nitrogen and oxygen atoms in total. The molecule has 2 rings (SSSR count). The van der Waals surface area contributed by atoms with Crippen molar-refractivity contribution in [1.82, 2.24) is 5.32 Å². The quantitative estimate of drug-likeness (QED) is 0.774. The molecule has 0 heterocycles. The van der Waals surface area contributed by atoms with Crippen molar-refractivity contribution >= 4 is 0 Å². The van der Waals surface area contributed by atoms with Crippen LogP contribution in [0.3, 0.4) is 0 Å². The van der Waals surface area contributed by atoms with Crippen molar-refractivity contribution in [3.05, 3.63) is 35.9 Å². The number of rotatable bonds is 6. The van der Waals surface area contributed by atoms with Crippen LogP contribution in [0.4, 0.5) is 0 Å². The smallest absolute Gasteiger partial charge is 0.0325 e. The predicted molar refractivity (Wildman–Crippen MR) is 83.1 cm³/mol. The van der Waals surface area contributed by atoms with E-state index in [0.29, 0.717) is 11.5 Å². The van der Waals surface area contributed by atoms with Gasteiger partial charge in [-0.15, -0.1) is 0 Å². The second kappa shape index (κ2) is 6.09. The maximum absolute atomic E-state index is 3.81. The molecule has 2 unspecified atom stereocenters. The highest BCUT2D eigenvalue weighted by Crippen LogP contribution is 2.37. The molecule has 1 aromatic carbocycles. The molecule has 1 fully saturated rings. The van der Waals surface area contributed by atoms with E-state index in [1.807, 2.05) is 0 Å². The highest BCUT2D eigenvalue weighted by atomic mass is 14.9. The molecular formula is C18H29N. The third-order valence-electron chi connectivity index (χ3n) is 4.13. The van der Waals surface area contributed by atoms with Crippen LogP contribution in [-0.2, 0) is 0 Å². The molecule has 106 valence electrons. The Morgan fingerprint density at radius 2 is 1.79 bits per heavy atom. The third kappa shape index (κ3) is 4.99. The highest BCUT2D eigenvalue weighted by molar-refractivity contribution is 5.19. The van der Waals surface area contributed by atoms with Crippen molar-refractivity contribution in [2.75, 3.05) is 6.54 Å². The summed E-state index contributed by atoms with van der Waals surface area (Å²) in [6.45, 7) is 10.5. The van der Waals surface area contributed by atoms with E-state index in [9.17, 15) is 0 Å². The van der Waals surface area contributed by atoms with Gasteiger partial charge in [-0.1, -0.05) is 58.0 Å². The Balaban J connectivity index is 1.97. The van der Waals surface area contributed by atoms with Gasteiger partial charge in [0.2, 0.25) is 0 Å². The number of hydrogen-bond donors (Lipinski definition) is 1. The minimum atomic E-state index is 0.357. The summed E-state index contributed by atoms with van der Waals surface area (Å²) >= 11 is 0. The molecule has 0 amide bonds. The summed E-state index contributed by atoms with van der Waals surface area (Å²) in [6.07, 6.45) is 4.07. The maximum Gasteiger partial charge on any atom is 0.0325 e. The van der Waals surface area contributed by atoms with E-state index in [0.717, 1.165) is 18.4 Å². The third-order valence-corrected chi connectivity index (χ3v) is 4.13. The van der Waals surface area contributed by atoms with Crippen LogP contribution in [0.5, 0.6) is 0 Å². The minimum absolute atomic E-state index is 0.357. The monoisotopic (exact) mass is 259 g/mol. The van der Waals surface area contributed by atoms with Crippen LogP contribution < -0.4 is 5.32 Å². The lowest BCUT2D eigenvalue weighted by molar-refractivity contribution is 0.298. The fraction of sp³-hybridized carbons (Fsp3) is 0.667. The molecule has 1 aliphatic carbocycles. The van der Waals surface area contributed by atoms with Gasteiger partial charge in [0, 0.05) is 6.04 Å². The van der Waals surface area contributed by atoms with Crippen molar-refractivity contribution in [3.8, 4) is 0 Å². The van der Waals surface area contributed by atoms with Gasteiger partial charge >= 0.3 is 0 Å². The number of benzene rings is 1. The normalized spacial score (nSPS) is 19.2. The van der Waals surface area contributed by atoms with E-state index >= 15 is 0 Å². The molecule has 0 aliphatic heterocycles. The SMILES string of the molecule is CC(CNC(CC(C)(C)C)c1ccccc1)C1CC1. The summed E-state index contributed by atoms with van der Waals surface area (Å²) in [6, 6.07) is 11.4. The van der Waals surface area contributed by atoms with Crippen LogP contribution in [-0.4, -0.2) is 6.54 Å². The molecule has 0 aromatic heterocycles. The summed E-state index contributed by atoms with van der Waals surface area (Å²) in [4.78, 5) is 0. The first kappa shape index (κ1) is 14.6. The predicted octanol–water partition coefficient (Wildman–Crippen LogP) is 4.80. The van der Waals surface area contributed by atoms with Crippen LogP contribution in [0.2, 0.25) is 0 Å². The van der Waals surface area contributed by atoms with E-state index in [-0.39, 0.29) is 0 Å². The molecule has 1 aromatic rings. The minimum Gasteiger partial charge on any atom is -0.310 e. The van der Waals surface area contributed by atoms with E-state index in [4.69, 9.17) is 0 Å². The Morgan fingerprint density at radius 1 is 1.16 bits per heavy atom. The lowest BCUT2D eigenvalue weighted by Gasteiger charge is -2.28. The van der Waals surface area contributed by atoms with Crippen molar-refractivity contribution in [2.45, 2.75) is 53.0 Å². The number of hydrogen-bond acceptors (Lipinski definition) is 1. The zero-order chi connectivity index (χ0) is 13.9. The van der Waals surface area contributed by atoms with E-state index < -0.39 is 0 Å². The molecular weight excluding hydrogens is 230 g/mol. The largest absolute Gasteiger partial charge is 0.310 e. The lowest BCUT2D eigenvalue weighted by atomic mass is 9.85.